The molecule has 0 aliphatic rings. The normalized spacial score (nSPS) is 10.4. The van der Waals surface area contributed by atoms with Crippen LogP contribution in [0.5, 0.6) is 0 Å². The molecule has 0 aromatic rings. The highest BCUT2D eigenvalue weighted by Crippen LogP contribution is 2.13. The molecule has 0 aromatic heterocycles. The van der Waals surface area contributed by atoms with E-state index in [2.05, 4.69) is 23.8 Å². The highest BCUT2D eigenvalue weighted by Gasteiger charge is 2.06. The summed E-state index contributed by atoms with van der Waals surface area (Å²) in [6.07, 6.45) is 16.9. The minimum Gasteiger partial charge on any atom is -0.341 e. The maximum absolute atomic E-state index is 11.4. The Morgan fingerprint density at radius 1 is 0.792 bits per heavy atom. The van der Waals surface area contributed by atoms with Crippen molar-refractivity contribution in [3.63, 3.8) is 0 Å². The molecule has 0 unspecified atom stereocenters. The second-order valence-corrected chi connectivity index (χ2v) is 6.68. The summed E-state index contributed by atoms with van der Waals surface area (Å²) in [5.74, 6) is -0.832. The van der Waals surface area contributed by atoms with E-state index >= 15 is 0 Å². The van der Waals surface area contributed by atoms with Crippen LogP contribution in [0.1, 0.15) is 104 Å². The number of rotatable bonds is 15. The average molecular weight is 340 g/mol. The van der Waals surface area contributed by atoms with Crippen LogP contribution in [-0.2, 0) is 14.4 Å². The van der Waals surface area contributed by atoms with Crippen LogP contribution >= 0.6 is 0 Å². The molecule has 1 amide bonds. The number of carbonyl (C=O) groups is 2. The van der Waals surface area contributed by atoms with Crippen molar-refractivity contribution in [3.05, 3.63) is 12.2 Å². The van der Waals surface area contributed by atoms with E-state index < -0.39 is 5.91 Å². The number of unbranched alkanes of at least 4 members (excludes halogenated alkanes) is 12. The van der Waals surface area contributed by atoms with Gasteiger partial charge in [-0.1, -0.05) is 90.6 Å². The van der Waals surface area contributed by atoms with Crippen molar-refractivity contribution in [1.82, 2.24) is 5.48 Å². The number of carbonyl (C=O) groups excluding carboxylic acids is 2. The molecule has 0 aliphatic heterocycles. The first-order valence-electron chi connectivity index (χ1n) is 9.73. The average Bonchev–Trinajstić information content (AvgIpc) is 2.56. The Morgan fingerprint density at radius 3 is 1.62 bits per heavy atom. The summed E-state index contributed by atoms with van der Waals surface area (Å²) in [6, 6.07) is 0. The van der Waals surface area contributed by atoms with Crippen LogP contribution in [0.2, 0.25) is 0 Å². The van der Waals surface area contributed by atoms with Crippen LogP contribution in [0.4, 0.5) is 0 Å². The summed E-state index contributed by atoms with van der Waals surface area (Å²) in [5.41, 5.74) is 2.41. The molecule has 0 fully saturated rings. The SMILES string of the molecule is C=C(C)C(=O)NOC(=O)CCCCCCCCCCCCCCC. The minimum absolute atomic E-state index is 0.323. The van der Waals surface area contributed by atoms with Crippen molar-refractivity contribution in [2.24, 2.45) is 0 Å². The zero-order valence-corrected chi connectivity index (χ0v) is 15.8. The fourth-order valence-corrected chi connectivity index (χ4v) is 2.53. The summed E-state index contributed by atoms with van der Waals surface area (Å²) in [6.45, 7) is 7.29. The topological polar surface area (TPSA) is 55.4 Å². The lowest BCUT2D eigenvalue weighted by molar-refractivity contribution is -0.157. The van der Waals surface area contributed by atoms with Crippen LogP contribution in [0, 0.1) is 0 Å². The van der Waals surface area contributed by atoms with E-state index in [1.807, 2.05) is 0 Å². The van der Waals surface area contributed by atoms with Gasteiger partial charge in [0.15, 0.2) is 0 Å². The molecule has 0 bridgehead atoms. The van der Waals surface area contributed by atoms with Crippen LogP contribution < -0.4 is 5.48 Å². The van der Waals surface area contributed by atoms with Gasteiger partial charge in [0.05, 0.1) is 0 Å². The molecule has 0 spiro atoms. The van der Waals surface area contributed by atoms with E-state index in [0.29, 0.717) is 12.0 Å². The predicted molar refractivity (Wildman–Crippen MR) is 99.4 cm³/mol. The Balaban J connectivity index is 3.23. The second-order valence-electron chi connectivity index (χ2n) is 6.68. The van der Waals surface area contributed by atoms with Gasteiger partial charge in [0, 0.05) is 12.0 Å². The molecule has 0 radical (unpaired) electrons. The van der Waals surface area contributed by atoms with E-state index in [0.717, 1.165) is 12.8 Å². The standard InChI is InChI=1S/C20H37NO3/c1-4-5-6-7-8-9-10-11-12-13-14-15-16-17-19(22)24-21-20(23)18(2)3/h2,4-17H2,1,3H3,(H,21,23). The van der Waals surface area contributed by atoms with Gasteiger partial charge in [-0.25, -0.2) is 4.79 Å². The number of hydrogen-bond donors (Lipinski definition) is 1. The maximum Gasteiger partial charge on any atom is 0.332 e. The largest absolute Gasteiger partial charge is 0.341 e. The van der Waals surface area contributed by atoms with Gasteiger partial charge < -0.3 is 4.84 Å². The van der Waals surface area contributed by atoms with Gasteiger partial charge >= 0.3 is 5.97 Å². The first-order valence-corrected chi connectivity index (χ1v) is 9.73. The number of hydroxylamine groups is 1. The molecule has 140 valence electrons. The van der Waals surface area contributed by atoms with E-state index in [1.165, 1.54) is 70.6 Å². The fraction of sp³-hybridized carbons (Fsp3) is 0.800. The van der Waals surface area contributed by atoms with Gasteiger partial charge in [0.2, 0.25) is 0 Å². The molecule has 0 aliphatic carbocycles. The third kappa shape index (κ3) is 15.6. The molecular formula is C20H37NO3. The fourth-order valence-electron chi connectivity index (χ4n) is 2.53. The van der Waals surface area contributed by atoms with Gasteiger partial charge in [-0.05, 0) is 13.3 Å². The lowest BCUT2D eigenvalue weighted by Gasteiger charge is -2.05. The number of hydrogen-bond acceptors (Lipinski definition) is 3. The molecule has 0 aromatic carbocycles. The molecule has 0 rings (SSSR count). The summed E-state index contributed by atoms with van der Waals surface area (Å²) >= 11 is 0. The highest BCUT2D eigenvalue weighted by molar-refractivity contribution is 5.92. The van der Waals surface area contributed by atoms with Crippen LogP contribution in [0.3, 0.4) is 0 Å². The third-order valence-electron chi connectivity index (χ3n) is 4.13. The Kier molecular flexibility index (Phi) is 15.6. The molecule has 4 heteroatoms. The van der Waals surface area contributed by atoms with Gasteiger partial charge in [-0.3, -0.25) is 4.79 Å². The molecule has 0 heterocycles. The van der Waals surface area contributed by atoms with E-state index in [-0.39, 0.29) is 5.97 Å². The van der Waals surface area contributed by atoms with Crippen molar-refractivity contribution in [2.45, 2.75) is 104 Å². The number of amides is 1. The smallest absolute Gasteiger partial charge is 0.332 e. The summed E-state index contributed by atoms with van der Waals surface area (Å²) < 4.78 is 0. The minimum atomic E-state index is -0.450. The van der Waals surface area contributed by atoms with E-state index in [9.17, 15) is 9.59 Å². The van der Waals surface area contributed by atoms with Crippen molar-refractivity contribution >= 4 is 11.9 Å². The Hall–Kier alpha value is -1.32. The van der Waals surface area contributed by atoms with E-state index in [1.54, 1.807) is 6.92 Å². The zero-order chi connectivity index (χ0) is 18.0. The van der Waals surface area contributed by atoms with Crippen LogP contribution in [-0.4, -0.2) is 11.9 Å². The van der Waals surface area contributed by atoms with Crippen molar-refractivity contribution < 1.29 is 14.4 Å². The van der Waals surface area contributed by atoms with Gasteiger partial charge in [-0.15, -0.1) is 0 Å². The molecular weight excluding hydrogens is 302 g/mol. The second kappa shape index (κ2) is 16.5. The molecule has 0 atom stereocenters. The monoisotopic (exact) mass is 339 g/mol. The Labute approximate surface area is 148 Å². The molecule has 24 heavy (non-hydrogen) atoms. The molecule has 0 saturated carbocycles. The Morgan fingerprint density at radius 2 is 1.21 bits per heavy atom. The van der Waals surface area contributed by atoms with Crippen molar-refractivity contribution in [1.29, 1.82) is 0 Å². The number of nitrogens with one attached hydrogen (secondary N) is 1. The van der Waals surface area contributed by atoms with Gasteiger partial charge in [0.25, 0.3) is 5.91 Å². The summed E-state index contributed by atoms with van der Waals surface area (Å²) in [7, 11) is 0. The van der Waals surface area contributed by atoms with Gasteiger partial charge in [0.1, 0.15) is 0 Å². The summed E-state index contributed by atoms with van der Waals surface area (Å²) in [4.78, 5) is 27.2. The first kappa shape index (κ1) is 22.7. The van der Waals surface area contributed by atoms with Crippen molar-refractivity contribution in [3.8, 4) is 0 Å². The zero-order valence-electron chi connectivity index (χ0n) is 15.8. The molecule has 0 saturated heterocycles. The lowest BCUT2D eigenvalue weighted by atomic mass is 10.0. The van der Waals surface area contributed by atoms with Gasteiger partial charge in [-0.2, -0.15) is 5.48 Å². The molecule has 1 N–H and O–H groups in total. The van der Waals surface area contributed by atoms with Crippen molar-refractivity contribution in [2.75, 3.05) is 0 Å². The predicted octanol–water partition coefficient (Wildman–Crippen LogP) is 5.62. The Bertz CT molecular complexity index is 353. The van der Waals surface area contributed by atoms with Crippen LogP contribution in [0.15, 0.2) is 12.2 Å². The third-order valence-corrected chi connectivity index (χ3v) is 4.13. The lowest BCUT2D eigenvalue weighted by Crippen LogP contribution is -2.27. The molecule has 4 nitrogen and oxygen atoms in total. The highest BCUT2D eigenvalue weighted by atomic mass is 16.7. The van der Waals surface area contributed by atoms with E-state index in [4.69, 9.17) is 0 Å². The quantitative estimate of drug-likeness (QED) is 0.239. The van der Waals surface area contributed by atoms with Crippen LogP contribution in [0.25, 0.3) is 0 Å². The maximum atomic E-state index is 11.4. The first-order chi connectivity index (χ1) is 11.6. The summed E-state index contributed by atoms with van der Waals surface area (Å²) in [5, 5.41) is 0.